The molecule has 0 radical (unpaired) electrons. The van der Waals surface area contributed by atoms with Gasteiger partial charge in [-0.15, -0.1) is 11.3 Å². The minimum absolute atomic E-state index is 0.0983. The minimum atomic E-state index is -0.368. The molecule has 1 heterocycles. The van der Waals surface area contributed by atoms with Crippen molar-refractivity contribution in [2.45, 2.75) is 25.7 Å². The predicted molar refractivity (Wildman–Crippen MR) is 69.9 cm³/mol. The van der Waals surface area contributed by atoms with Gasteiger partial charge in [-0.1, -0.05) is 0 Å². The Labute approximate surface area is 109 Å². The summed E-state index contributed by atoms with van der Waals surface area (Å²) in [7, 11) is 0. The van der Waals surface area contributed by atoms with E-state index in [-0.39, 0.29) is 18.4 Å². The number of hydrogen-bond donors (Lipinski definition) is 2. The van der Waals surface area contributed by atoms with Crippen LogP contribution in [-0.4, -0.2) is 25.0 Å². The van der Waals surface area contributed by atoms with Crippen molar-refractivity contribution in [3.05, 3.63) is 16.5 Å². The van der Waals surface area contributed by atoms with Crippen LogP contribution in [0.15, 0.2) is 5.38 Å². The van der Waals surface area contributed by atoms with Gasteiger partial charge in [0, 0.05) is 0 Å². The molecule has 1 aliphatic carbocycles. The van der Waals surface area contributed by atoms with Crippen LogP contribution in [0.2, 0.25) is 0 Å². The minimum Gasteiger partial charge on any atom is -0.462 e. The molecule has 1 saturated carbocycles. The van der Waals surface area contributed by atoms with Crippen LogP contribution >= 0.6 is 11.3 Å². The van der Waals surface area contributed by atoms with Crippen LogP contribution in [0.25, 0.3) is 0 Å². The Morgan fingerprint density at radius 2 is 2.28 bits per heavy atom. The van der Waals surface area contributed by atoms with E-state index in [1.165, 1.54) is 11.3 Å². The first kappa shape index (κ1) is 13.0. The number of carbonyl (C=O) groups is 2. The molecule has 18 heavy (non-hydrogen) atoms. The number of hydrogen-bond acceptors (Lipinski definition) is 5. The normalized spacial score (nSPS) is 14.3. The third-order valence-corrected chi connectivity index (χ3v) is 3.67. The van der Waals surface area contributed by atoms with Crippen LogP contribution in [0.1, 0.15) is 41.6 Å². The van der Waals surface area contributed by atoms with Gasteiger partial charge < -0.3 is 15.8 Å². The maximum Gasteiger partial charge on any atom is 0.341 e. The first-order valence-corrected chi connectivity index (χ1v) is 6.83. The number of carbonyl (C=O) groups excluding carboxylic acids is 2. The predicted octanol–water partition coefficient (Wildman–Crippen LogP) is 1.70. The molecule has 0 aliphatic heterocycles. The maximum absolute atomic E-state index is 12.0. The van der Waals surface area contributed by atoms with E-state index in [1.807, 2.05) is 5.38 Å². The molecule has 5 nitrogen and oxygen atoms in total. The van der Waals surface area contributed by atoms with E-state index in [4.69, 9.17) is 10.5 Å². The summed E-state index contributed by atoms with van der Waals surface area (Å²) in [5.41, 5.74) is 6.76. The molecule has 0 unspecified atom stereocenters. The Balaban J connectivity index is 2.28. The molecule has 0 atom stereocenters. The fourth-order valence-electron chi connectivity index (χ4n) is 1.75. The molecule has 6 heteroatoms. The number of nitrogens with two attached hydrogens (primary N) is 1. The molecular formula is C12H16N2O3S. The van der Waals surface area contributed by atoms with Crippen molar-refractivity contribution in [3.63, 3.8) is 0 Å². The first-order chi connectivity index (χ1) is 8.67. The number of nitrogens with one attached hydrogen (secondary N) is 1. The molecule has 0 aromatic carbocycles. The Morgan fingerprint density at radius 1 is 1.56 bits per heavy atom. The smallest absolute Gasteiger partial charge is 0.341 e. The van der Waals surface area contributed by atoms with Crippen LogP contribution in [0.3, 0.4) is 0 Å². The maximum atomic E-state index is 12.0. The highest BCUT2D eigenvalue weighted by Gasteiger charge is 2.32. The zero-order valence-electron chi connectivity index (χ0n) is 10.2. The number of amides is 1. The standard InChI is InChI=1S/C12H16N2O3S/c1-2-17-12(16)10-8(7-3-4-7)6-18-11(10)14-9(15)5-13/h6-7H,2-5,13H2,1H3,(H,14,15). The van der Waals surface area contributed by atoms with E-state index in [9.17, 15) is 9.59 Å². The number of thiophene rings is 1. The lowest BCUT2D eigenvalue weighted by molar-refractivity contribution is -0.114. The Hall–Kier alpha value is -1.40. The highest BCUT2D eigenvalue weighted by molar-refractivity contribution is 7.15. The van der Waals surface area contributed by atoms with E-state index in [1.54, 1.807) is 6.92 Å². The van der Waals surface area contributed by atoms with Gasteiger partial charge in [0.2, 0.25) is 5.91 Å². The summed E-state index contributed by atoms with van der Waals surface area (Å²) in [4.78, 5) is 23.3. The van der Waals surface area contributed by atoms with Gasteiger partial charge >= 0.3 is 5.97 Å². The van der Waals surface area contributed by atoms with E-state index >= 15 is 0 Å². The molecule has 1 amide bonds. The highest BCUT2D eigenvalue weighted by Crippen LogP contribution is 2.46. The Morgan fingerprint density at radius 3 is 2.83 bits per heavy atom. The quantitative estimate of drug-likeness (QED) is 0.796. The van der Waals surface area contributed by atoms with Crippen molar-refractivity contribution in [2.24, 2.45) is 5.73 Å². The van der Waals surface area contributed by atoms with Gasteiger partial charge in [0.1, 0.15) is 5.00 Å². The molecule has 0 bridgehead atoms. The van der Waals surface area contributed by atoms with Crippen LogP contribution in [-0.2, 0) is 9.53 Å². The second-order valence-electron chi connectivity index (χ2n) is 4.14. The molecular weight excluding hydrogens is 252 g/mol. The van der Waals surface area contributed by atoms with Gasteiger partial charge in [0.15, 0.2) is 0 Å². The largest absolute Gasteiger partial charge is 0.462 e. The number of ether oxygens (including phenoxy) is 1. The third-order valence-electron chi connectivity index (χ3n) is 2.75. The zero-order chi connectivity index (χ0) is 13.1. The summed E-state index contributed by atoms with van der Waals surface area (Å²) < 4.78 is 5.05. The SMILES string of the molecule is CCOC(=O)c1c(C2CC2)csc1NC(=O)CN. The van der Waals surface area contributed by atoms with Gasteiger partial charge in [-0.2, -0.15) is 0 Å². The topological polar surface area (TPSA) is 81.4 Å². The monoisotopic (exact) mass is 268 g/mol. The molecule has 1 aromatic rings. The van der Waals surface area contributed by atoms with E-state index in [0.29, 0.717) is 23.1 Å². The fraction of sp³-hybridized carbons (Fsp3) is 0.500. The van der Waals surface area contributed by atoms with Crippen LogP contribution in [0, 0.1) is 0 Å². The van der Waals surface area contributed by atoms with Gasteiger partial charge in [-0.3, -0.25) is 4.79 Å². The molecule has 1 fully saturated rings. The number of esters is 1. The van der Waals surface area contributed by atoms with Gasteiger partial charge in [0.05, 0.1) is 18.7 Å². The molecule has 98 valence electrons. The summed E-state index contributed by atoms with van der Waals surface area (Å²) in [5, 5.41) is 5.13. The summed E-state index contributed by atoms with van der Waals surface area (Å²) in [5.74, 6) is -0.234. The van der Waals surface area contributed by atoms with Crippen molar-refractivity contribution in [2.75, 3.05) is 18.5 Å². The first-order valence-electron chi connectivity index (χ1n) is 5.95. The lowest BCUT2D eigenvalue weighted by atomic mass is 10.1. The molecule has 3 N–H and O–H groups in total. The Kier molecular flexibility index (Phi) is 3.98. The second kappa shape index (κ2) is 5.49. The van der Waals surface area contributed by atoms with Crippen molar-refractivity contribution in [1.82, 2.24) is 0 Å². The summed E-state index contributed by atoms with van der Waals surface area (Å²) in [6, 6.07) is 0. The van der Waals surface area contributed by atoms with Crippen LogP contribution < -0.4 is 11.1 Å². The fourth-order valence-corrected chi connectivity index (χ4v) is 2.80. The lowest BCUT2D eigenvalue weighted by Crippen LogP contribution is -2.22. The van der Waals surface area contributed by atoms with E-state index in [2.05, 4.69) is 5.32 Å². The number of rotatable bonds is 5. The molecule has 0 saturated heterocycles. The summed E-state index contributed by atoms with van der Waals surface area (Å²) >= 11 is 1.35. The average molecular weight is 268 g/mol. The van der Waals surface area contributed by atoms with Crippen molar-refractivity contribution in [1.29, 1.82) is 0 Å². The number of anilines is 1. The lowest BCUT2D eigenvalue weighted by Gasteiger charge is -2.07. The third kappa shape index (κ3) is 2.70. The van der Waals surface area contributed by atoms with E-state index < -0.39 is 0 Å². The molecule has 2 rings (SSSR count). The average Bonchev–Trinajstić information content (AvgIpc) is 3.11. The highest BCUT2D eigenvalue weighted by atomic mass is 32.1. The van der Waals surface area contributed by atoms with Crippen molar-refractivity contribution in [3.8, 4) is 0 Å². The molecule has 0 spiro atoms. The second-order valence-corrected chi connectivity index (χ2v) is 5.02. The van der Waals surface area contributed by atoms with Crippen LogP contribution in [0.4, 0.5) is 5.00 Å². The van der Waals surface area contributed by atoms with Gasteiger partial charge in [-0.05, 0) is 36.6 Å². The van der Waals surface area contributed by atoms with Crippen molar-refractivity contribution >= 4 is 28.2 Å². The van der Waals surface area contributed by atoms with Crippen molar-refractivity contribution < 1.29 is 14.3 Å². The van der Waals surface area contributed by atoms with Crippen LogP contribution in [0.5, 0.6) is 0 Å². The summed E-state index contributed by atoms with van der Waals surface area (Å²) in [6.07, 6.45) is 2.18. The van der Waals surface area contributed by atoms with Gasteiger partial charge in [0.25, 0.3) is 0 Å². The molecule has 1 aliphatic rings. The zero-order valence-corrected chi connectivity index (χ0v) is 11.0. The summed E-state index contributed by atoms with van der Waals surface area (Å²) in [6.45, 7) is 1.99. The van der Waals surface area contributed by atoms with Gasteiger partial charge in [-0.25, -0.2) is 4.79 Å². The Bertz CT molecular complexity index is 466. The molecule has 1 aromatic heterocycles. The van der Waals surface area contributed by atoms with E-state index in [0.717, 1.165) is 18.4 Å².